The molecule has 10 heavy (non-hydrogen) atoms. The van der Waals surface area contributed by atoms with Crippen LogP contribution < -0.4 is 0 Å². The summed E-state index contributed by atoms with van der Waals surface area (Å²) in [7, 11) is 0. The van der Waals surface area contributed by atoms with Gasteiger partial charge in [0.1, 0.15) is 12.7 Å². The van der Waals surface area contributed by atoms with Gasteiger partial charge in [-0.25, -0.2) is 4.98 Å². The van der Waals surface area contributed by atoms with E-state index in [9.17, 15) is 0 Å². The van der Waals surface area contributed by atoms with E-state index in [0.717, 1.165) is 0 Å². The summed E-state index contributed by atoms with van der Waals surface area (Å²) in [5.41, 5.74) is 0. The fourth-order valence-corrected chi connectivity index (χ4v) is 0.601. The van der Waals surface area contributed by atoms with Crippen LogP contribution in [-0.2, 0) is 6.54 Å². The van der Waals surface area contributed by atoms with E-state index in [2.05, 4.69) is 10.1 Å². The lowest BCUT2D eigenvalue weighted by Gasteiger charge is -2.04. The summed E-state index contributed by atoms with van der Waals surface area (Å²) in [4.78, 5) is 3.67. The summed E-state index contributed by atoms with van der Waals surface area (Å²) in [6.45, 7) is 0.0381. The number of hydrogen-bond donors (Lipinski definition) is 2. The molecule has 1 aromatic heterocycles. The third-order valence-electron chi connectivity index (χ3n) is 1.08. The predicted molar refractivity (Wildman–Crippen MR) is 33.1 cm³/mol. The fraction of sp³-hybridized carbons (Fsp3) is 0.600. The first kappa shape index (κ1) is 7.17. The normalized spacial score (nSPS) is 13.4. The average Bonchev–Trinajstić information content (AvgIpc) is 2.40. The second-order valence-electron chi connectivity index (χ2n) is 1.95. The molecule has 0 aliphatic rings. The van der Waals surface area contributed by atoms with Gasteiger partial charge in [-0.05, 0) is 0 Å². The maximum Gasteiger partial charge on any atom is 0.137 e. The van der Waals surface area contributed by atoms with Gasteiger partial charge in [-0.15, -0.1) is 0 Å². The first-order chi connectivity index (χ1) is 4.83. The van der Waals surface area contributed by atoms with Crippen LogP contribution in [0.15, 0.2) is 12.7 Å². The molecule has 1 unspecified atom stereocenters. The summed E-state index contributed by atoms with van der Waals surface area (Å²) in [6.07, 6.45) is 2.12. The van der Waals surface area contributed by atoms with Gasteiger partial charge in [0.15, 0.2) is 0 Å². The van der Waals surface area contributed by atoms with Gasteiger partial charge in [0.25, 0.3) is 0 Å². The lowest BCUT2D eigenvalue weighted by Crippen LogP contribution is -2.19. The first-order valence-electron chi connectivity index (χ1n) is 2.94. The zero-order valence-corrected chi connectivity index (χ0v) is 5.38. The topological polar surface area (TPSA) is 71.2 Å². The Balaban J connectivity index is 2.40. The number of aliphatic hydroxyl groups is 2. The lowest BCUT2D eigenvalue weighted by molar-refractivity contribution is 0.0782. The van der Waals surface area contributed by atoms with Crippen LogP contribution in [0.1, 0.15) is 0 Å². The fourth-order valence-electron chi connectivity index (χ4n) is 0.601. The highest BCUT2D eigenvalue weighted by Gasteiger charge is 2.01. The van der Waals surface area contributed by atoms with Crippen molar-refractivity contribution in [2.24, 2.45) is 0 Å². The van der Waals surface area contributed by atoms with Crippen molar-refractivity contribution >= 4 is 0 Å². The summed E-state index contributed by atoms with van der Waals surface area (Å²) < 4.78 is 1.46. The molecule has 0 fully saturated rings. The quantitative estimate of drug-likeness (QED) is 0.547. The predicted octanol–water partition coefficient (Wildman–Crippen LogP) is -1.37. The standard InChI is InChI=1S/C5H9N3O2/c9-2-5(10)1-8-4-6-3-7-8/h3-5,9-10H,1-2H2. The molecule has 5 nitrogen and oxygen atoms in total. The molecule has 5 heteroatoms. The molecular weight excluding hydrogens is 134 g/mol. The van der Waals surface area contributed by atoms with E-state index in [1.165, 1.54) is 17.3 Å². The zero-order valence-electron chi connectivity index (χ0n) is 5.38. The van der Waals surface area contributed by atoms with E-state index < -0.39 is 6.10 Å². The van der Waals surface area contributed by atoms with Crippen LogP contribution in [0.2, 0.25) is 0 Å². The molecule has 1 atom stereocenters. The molecule has 0 spiro atoms. The minimum absolute atomic E-state index is 0.250. The van der Waals surface area contributed by atoms with Crippen molar-refractivity contribution in [2.75, 3.05) is 6.61 Å². The highest BCUT2D eigenvalue weighted by molar-refractivity contribution is 4.59. The van der Waals surface area contributed by atoms with Crippen molar-refractivity contribution in [1.29, 1.82) is 0 Å². The second kappa shape index (κ2) is 3.28. The second-order valence-corrected chi connectivity index (χ2v) is 1.95. The monoisotopic (exact) mass is 143 g/mol. The molecule has 0 saturated heterocycles. The molecule has 2 N–H and O–H groups in total. The Morgan fingerprint density at radius 2 is 2.40 bits per heavy atom. The molecule has 1 rings (SSSR count). The number of aromatic nitrogens is 3. The Hall–Kier alpha value is -0.940. The Kier molecular flexibility index (Phi) is 2.35. The van der Waals surface area contributed by atoms with E-state index >= 15 is 0 Å². The first-order valence-corrected chi connectivity index (χ1v) is 2.94. The average molecular weight is 143 g/mol. The van der Waals surface area contributed by atoms with Gasteiger partial charge in [0.05, 0.1) is 19.3 Å². The number of nitrogens with zero attached hydrogens (tertiary/aromatic N) is 3. The highest BCUT2D eigenvalue weighted by atomic mass is 16.3. The summed E-state index contributed by atoms with van der Waals surface area (Å²) in [6, 6.07) is 0. The van der Waals surface area contributed by atoms with Crippen LogP contribution in [0.25, 0.3) is 0 Å². The molecule has 1 aromatic rings. The number of hydrogen-bond acceptors (Lipinski definition) is 4. The Morgan fingerprint density at radius 3 is 2.90 bits per heavy atom. The lowest BCUT2D eigenvalue weighted by atomic mass is 10.4. The number of aliphatic hydroxyl groups excluding tert-OH is 2. The third-order valence-corrected chi connectivity index (χ3v) is 1.08. The van der Waals surface area contributed by atoms with Crippen LogP contribution in [0.4, 0.5) is 0 Å². The van der Waals surface area contributed by atoms with Gasteiger partial charge in [-0.1, -0.05) is 0 Å². The molecular formula is C5H9N3O2. The van der Waals surface area contributed by atoms with Gasteiger partial charge in [-0.2, -0.15) is 5.10 Å². The molecule has 0 radical (unpaired) electrons. The van der Waals surface area contributed by atoms with Gasteiger partial charge < -0.3 is 10.2 Å². The maximum atomic E-state index is 8.89. The van der Waals surface area contributed by atoms with E-state index in [1.807, 2.05) is 0 Å². The van der Waals surface area contributed by atoms with Crippen LogP contribution in [0.3, 0.4) is 0 Å². The Bertz CT molecular complexity index is 175. The molecule has 0 saturated carbocycles. The van der Waals surface area contributed by atoms with Crippen molar-refractivity contribution in [3.05, 3.63) is 12.7 Å². The molecule has 0 aliphatic heterocycles. The Morgan fingerprint density at radius 1 is 1.60 bits per heavy atom. The maximum absolute atomic E-state index is 8.89. The summed E-state index contributed by atoms with van der Waals surface area (Å²) in [5.74, 6) is 0. The van der Waals surface area contributed by atoms with Crippen LogP contribution >= 0.6 is 0 Å². The molecule has 0 aliphatic carbocycles. The van der Waals surface area contributed by atoms with Crippen molar-refractivity contribution in [3.63, 3.8) is 0 Å². The van der Waals surface area contributed by atoms with Crippen LogP contribution in [0, 0.1) is 0 Å². The highest BCUT2D eigenvalue weighted by Crippen LogP contribution is 1.86. The van der Waals surface area contributed by atoms with Gasteiger partial charge >= 0.3 is 0 Å². The van der Waals surface area contributed by atoms with E-state index in [4.69, 9.17) is 10.2 Å². The molecule has 0 bridgehead atoms. The molecule has 0 aromatic carbocycles. The summed E-state index contributed by atoms with van der Waals surface area (Å²) in [5, 5.41) is 21.1. The van der Waals surface area contributed by atoms with Crippen molar-refractivity contribution < 1.29 is 10.2 Å². The largest absolute Gasteiger partial charge is 0.394 e. The van der Waals surface area contributed by atoms with E-state index in [0.29, 0.717) is 0 Å². The molecule has 1 heterocycles. The van der Waals surface area contributed by atoms with Crippen molar-refractivity contribution in [1.82, 2.24) is 14.8 Å². The smallest absolute Gasteiger partial charge is 0.137 e. The minimum Gasteiger partial charge on any atom is -0.394 e. The van der Waals surface area contributed by atoms with Gasteiger partial charge in [0.2, 0.25) is 0 Å². The van der Waals surface area contributed by atoms with Crippen LogP contribution in [-0.4, -0.2) is 37.7 Å². The van der Waals surface area contributed by atoms with Gasteiger partial charge in [0, 0.05) is 0 Å². The number of rotatable bonds is 3. The third kappa shape index (κ3) is 1.78. The van der Waals surface area contributed by atoms with Crippen molar-refractivity contribution in [2.45, 2.75) is 12.6 Å². The van der Waals surface area contributed by atoms with E-state index in [1.54, 1.807) is 0 Å². The molecule has 56 valence electrons. The van der Waals surface area contributed by atoms with Crippen molar-refractivity contribution in [3.8, 4) is 0 Å². The minimum atomic E-state index is -0.748. The summed E-state index contributed by atoms with van der Waals surface area (Å²) >= 11 is 0. The van der Waals surface area contributed by atoms with E-state index in [-0.39, 0.29) is 13.2 Å². The van der Waals surface area contributed by atoms with Gasteiger partial charge in [-0.3, -0.25) is 4.68 Å². The zero-order chi connectivity index (χ0) is 7.40. The Labute approximate surface area is 57.9 Å². The molecule has 0 amide bonds. The van der Waals surface area contributed by atoms with Crippen LogP contribution in [0.5, 0.6) is 0 Å². The SMILES string of the molecule is OCC(O)Cn1cncn1.